The van der Waals surface area contributed by atoms with Gasteiger partial charge < -0.3 is 14.4 Å². The lowest BCUT2D eigenvalue weighted by atomic mass is 10.1. The lowest BCUT2D eigenvalue weighted by Gasteiger charge is -2.21. The van der Waals surface area contributed by atoms with Crippen LogP contribution < -0.4 is 9.47 Å². The minimum absolute atomic E-state index is 0.0807. The van der Waals surface area contributed by atoms with Gasteiger partial charge in [0.25, 0.3) is 5.91 Å². The molecule has 0 bridgehead atoms. The third-order valence-electron chi connectivity index (χ3n) is 6.02. The number of hydrogen-bond donors (Lipinski definition) is 0. The minimum atomic E-state index is -0.557. The number of likely N-dealkylation sites (tertiary alicyclic amines) is 1. The third kappa shape index (κ3) is 4.17. The Kier molecular flexibility index (Phi) is 6.06. The van der Waals surface area contributed by atoms with E-state index in [-0.39, 0.29) is 23.4 Å². The molecule has 1 saturated heterocycles. The molecule has 5 rings (SSSR count). The number of benzene rings is 2. The number of ether oxygens (including phenoxy) is 2. The van der Waals surface area contributed by atoms with Crippen molar-refractivity contribution in [2.45, 2.75) is 25.8 Å². The summed E-state index contributed by atoms with van der Waals surface area (Å²) in [6.45, 7) is 2.31. The van der Waals surface area contributed by atoms with Crippen LogP contribution in [0.25, 0.3) is 16.8 Å². The van der Waals surface area contributed by atoms with Crippen LogP contribution in [-0.4, -0.2) is 38.8 Å². The van der Waals surface area contributed by atoms with Crippen LogP contribution in [-0.2, 0) is 4.79 Å². The standard InChI is InChI=1S/C27H23FN4O3/c1-3-6-24(33)31-15-5-7-20(31)27-30-26(21-17-29-14-16-32(21)27)18-10-12-19(13-11-18)35-23-9-4-8-22(34-2)25(23)28/h4,8-14,16-17,20H,5,7,15H2,1-2H3/t20-/m0/s1. The number of imidazole rings is 1. The molecular weight excluding hydrogens is 447 g/mol. The molecule has 1 atom stereocenters. The first-order valence-electron chi connectivity index (χ1n) is 11.3. The topological polar surface area (TPSA) is 69.0 Å². The van der Waals surface area contributed by atoms with Gasteiger partial charge in [0, 0.05) is 24.5 Å². The maximum absolute atomic E-state index is 14.5. The Morgan fingerprint density at radius 1 is 1.17 bits per heavy atom. The van der Waals surface area contributed by atoms with E-state index < -0.39 is 5.82 Å². The highest BCUT2D eigenvalue weighted by molar-refractivity contribution is 5.94. The summed E-state index contributed by atoms with van der Waals surface area (Å²) in [5, 5.41) is 0. The van der Waals surface area contributed by atoms with Crippen LogP contribution in [0.4, 0.5) is 4.39 Å². The number of rotatable bonds is 5. The molecule has 0 N–H and O–H groups in total. The third-order valence-corrected chi connectivity index (χ3v) is 6.02. The van der Waals surface area contributed by atoms with E-state index in [1.54, 1.807) is 48.5 Å². The molecule has 2 aromatic carbocycles. The molecule has 8 heteroatoms. The normalized spacial score (nSPS) is 15.1. The fraction of sp³-hybridized carbons (Fsp3) is 0.222. The average molecular weight is 471 g/mol. The number of fused-ring (bicyclic) bond motifs is 1. The van der Waals surface area contributed by atoms with Gasteiger partial charge in [-0.1, -0.05) is 12.0 Å². The van der Waals surface area contributed by atoms with Crippen LogP contribution in [0.1, 0.15) is 31.6 Å². The predicted octanol–water partition coefficient (Wildman–Crippen LogP) is 5.02. The fourth-order valence-corrected chi connectivity index (χ4v) is 4.40. The van der Waals surface area contributed by atoms with E-state index in [1.165, 1.54) is 13.2 Å². The van der Waals surface area contributed by atoms with Gasteiger partial charge in [0.15, 0.2) is 11.5 Å². The molecule has 0 saturated carbocycles. The molecule has 0 unspecified atom stereocenters. The zero-order chi connectivity index (χ0) is 24.4. The average Bonchev–Trinajstić information content (AvgIpc) is 3.51. The van der Waals surface area contributed by atoms with Crippen LogP contribution in [0, 0.1) is 17.7 Å². The monoisotopic (exact) mass is 470 g/mol. The van der Waals surface area contributed by atoms with Gasteiger partial charge >= 0.3 is 0 Å². The van der Waals surface area contributed by atoms with Crippen LogP contribution in [0.2, 0.25) is 0 Å². The minimum Gasteiger partial charge on any atom is -0.494 e. The van der Waals surface area contributed by atoms with Gasteiger partial charge in [-0.3, -0.25) is 14.2 Å². The molecular formula is C27H23FN4O3. The van der Waals surface area contributed by atoms with Crippen molar-refractivity contribution < 1.29 is 18.7 Å². The number of carbonyl (C=O) groups excluding carboxylic acids is 1. The second-order valence-corrected chi connectivity index (χ2v) is 8.08. The van der Waals surface area contributed by atoms with E-state index in [2.05, 4.69) is 16.8 Å². The van der Waals surface area contributed by atoms with Crippen molar-refractivity contribution in [2.24, 2.45) is 0 Å². The molecule has 1 amide bonds. The first-order chi connectivity index (χ1) is 17.1. The van der Waals surface area contributed by atoms with Crippen molar-refractivity contribution in [3.8, 4) is 40.3 Å². The van der Waals surface area contributed by atoms with E-state index in [9.17, 15) is 9.18 Å². The first-order valence-corrected chi connectivity index (χ1v) is 11.3. The van der Waals surface area contributed by atoms with Crippen molar-refractivity contribution >= 4 is 11.4 Å². The molecule has 1 fully saturated rings. The quantitative estimate of drug-likeness (QED) is 0.383. The lowest BCUT2D eigenvalue weighted by Crippen LogP contribution is -2.30. The number of methoxy groups -OCH3 is 1. The van der Waals surface area contributed by atoms with Crippen molar-refractivity contribution in [1.82, 2.24) is 19.3 Å². The molecule has 3 heterocycles. The summed E-state index contributed by atoms with van der Waals surface area (Å²) in [5.41, 5.74) is 2.42. The van der Waals surface area contributed by atoms with Gasteiger partial charge in [-0.05, 0) is 62.1 Å². The maximum Gasteiger partial charge on any atom is 0.299 e. The summed E-state index contributed by atoms with van der Waals surface area (Å²) in [6, 6.07) is 11.8. The zero-order valence-corrected chi connectivity index (χ0v) is 19.4. The Morgan fingerprint density at radius 3 is 2.74 bits per heavy atom. The molecule has 176 valence electrons. The van der Waals surface area contributed by atoms with Gasteiger partial charge in [-0.15, -0.1) is 0 Å². The van der Waals surface area contributed by atoms with Crippen molar-refractivity contribution in [2.75, 3.05) is 13.7 Å². The Labute approximate surface area is 202 Å². The molecule has 35 heavy (non-hydrogen) atoms. The number of carbonyl (C=O) groups is 1. The fourth-order valence-electron chi connectivity index (χ4n) is 4.40. The molecule has 1 aliphatic heterocycles. The highest BCUT2D eigenvalue weighted by atomic mass is 19.1. The molecule has 0 spiro atoms. The highest BCUT2D eigenvalue weighted by Crippen LogP contribution is 2.36. The highest BCUT2D eigenvalue weighted by Gasteiger charge is 2.33. The first kappa shape index (κ1) is 22.4. The number of amides is 1. The maximum atomic E-state index is 14.5. The number of nitrogens with zero attached hydrogens (tertiary/aromatic N) is 4. The lowest BCUT2D eigenvalue weighted by molar-refractivity contribution is -0.126. The van der Waals surface area contributed by atoms with Crippen LogP contribution in [0.3, 0.4) is 0 Å². The molecule has 4 aromatic rings. The SMILES string of the molecule is CC#CC(=O)N1CCC[C@H]1c1nc(-c2ccc(Oc3cccc(OC)c3F)cc2)c2cnccn12. The summed E-state index contributed by atoms with van der Waals surface area (Å²) in [4.78, 5) is 23.6. The molecule has 2 aromatic heterocycles. The summed E-state index contributed by atoms with van der Waals surface area (Å²) in [6.07, 6.45) is 7.03. The van der Waals surface area contributed by atoms with E-state index in [1.807, 2.05) is 22.7 Å². The Morgan fingerprint density at radius 2 is 1.97 bits per heavy atom. The molecule has 7 nitrogen and oxygen atoms in total. The summed E-state index contributed by atoms with van der Waals surface area (Å²) >= 11 is 0. The van der Waals surface area contributed by atoms with Gasteiger partial charge in [0.05, 0.1) is 30.6 Å². The smallest absolute Gasteiger partial charge is 0.299 e. The zero-order valence-electron chi connectivity index (χ0n) is 19.4. The second kappa shape index (κ2) is 9.47. The van der Waals surface area contributed by atoms with Crippen molar-refractivity contribution in [3.05, 3.63) is 72.7 Å². The molecule has 1 aliphatic rings. The van der Waals surface area contributed by atoms with Gasteiger partial charge in [-0.2, -0.15) is 4.39 Å². The summed E-state index contributed by atoms with van der Waals surface area (Å²) in [7, 11) is 1.41. The molecule has 0 aliphatic carbocycles. The summed E-state index contributed by atoms with van der Waals surface area (Å²) in [5.74, 6) is 6.06. The van der Waals surface area contributed by atoms with Crippen LogP contribution in [0.5, 0.6) is 17.2 Å². The van der Waals surface area contributed by atoms with E-state index in [0.29, 0.717) is 12.3 Å². The largest absolute Gasteiger partial charge is 0.494 e. The summed E-state index contributed by atoms with van der Waals surface area (Å²) < 4.78 is 27.2. The van der Waals surface area contributed by atoms with Crippen LogP contribution in [0.15, 0.2) is 61.1 Å². The second-order valence-electron chi connectivity index (χ2n) is 8.08. The Hall–Kier alpha value is -4.38. The number of aromatic nitrogens is 3. The van der Waals surface area contributed by atoms with E-state index in [4.69, 9.17) is 14.5 Å². The Balaban J connectivity index is 1.48. The van der Waals surface area contributed by atoms with E-state index >= 15 is 0 Å². The van der Waals surface area contributed by atoms with Crippen molar-refractivity contribution in [1.29, 1.82) is 0 Å². The number of halogens is 1. The van der Waals surface area contributed by atoms with Crippen molar-refractivity contribution in [3.63, 3.8) is 0 Å². The van der Waals surface area contributed by atoms with E-state index in [0.717, 1.165) is 35.4 Å². The predicted molar refractivity (Wildman–Crippen MR) is 129 cm³/mol. The van der Waals surface area contributed by atoms with Gasteiger partial charge in [0.2, 0.25) is 5.82 Å². The van der Waals surface area contributed by atoms with Gasteiger partial charge in [-0.25, -0.2) is 4.98 Å². The number of hydrogen-bond acceptors (Lipinski definition) is 5. The Bertz CT molecular complexity index is 1450. The van der Waals surface area contributed by atoms with Crippen LogP contribution >= 0.6 is 0 Å². The molecule has 0 radical (unpaired) electrons. The van der Waals surface area contributed by atoms with Gasteiger partial charge in [0.1, 0.15) is 11.6 Å².